The molecular weight excluding hydrogens is 1200 g/mol. The Hall–Kier alpha value is -8.61. The minimum Gasteiger partial charge on any atom is -0.479 e. The summed E-state index contributed by atoms with van der Waals surface area (Å²) in [5, 5.41) is 21.6. The van der Waals surface area contributed by atoms with E-state index in [-0.39, 0.29) is 23.3 Å². The van der Waals surface area contributed by atoms with Crippen molar-refractivity contribution in [2.45, 2.75) is 169 Å². The average molecular weight is 1290 g/mol. The molecule has 1 heterocycles. The number of rotatable bonds is 21. The number of aliphatic carboxylic acids is 1. The first kappa shape index (κ1) is 74.9. The second-order valence-corrected chi connectivity index (χ2v) is 31.9. The van der Waals surface area contributed by atoms with E-state index < -0.39 is 113 Å². The summed E-state index contributed by atoms with van der Waals surface area (Å²) in [5.74, 6) is -5.51. The Morgan fingerprint density at radius 3 is 0.912 bits per heavy atom. The molecule has 1 fully saturated rings. The summed E-state index contributed by atoms with van der Waals surface area (Å²) in [4.78, 5) is 92.9. The number of hydrogen-bond donors (Lipinski definition) is 2. The molecule has 0 bridgehead atoms. The normalized spacial score (nSPS) is 15.9. The number of aliphatic hydroxyl groups excluding tert-OH is 1. The quantitative estimate of drug-likeness (QED) is 0.0389. The van der Waals surface area contributed by atoms with E-state index in [1.165, 1.54) is 41.5 Å². The van der Waals surface area contributed by atoms with E-state index in [1.54, 1.807) is 13.8 Å². The van der Waals surface area contributed by atoms with Gasteiger partial charge < -0.3 is 52.2 Å². The smallest absolute Gasteiger partial charge is 0.347 e. The Morgan fingerprint density at radius 1 is 0.407 bits per heavy atom. The zero-order valence-electron chi connectivity index (χ0n) is 54.2. The van der Waals surface area contributed by atoms with Crippen molar-refractivity contribution in [1.29, 1.82) is 0 Å². The molecule has 6 aromatic carbocycles. The summed E-state index contributed by atoms with van der Waals surface area (Å²) in [6.45, 7) is 24.8. The molecule has 91 heavy (non-hydrogen) atoms. The van der Waals surface area contributed by atoms with E-state index >= 15 is 0 Å². The van der Waals surface area contributed by atoms with Gasteiger partial charge in [0.2, 0.25) is 0 Å². The number of hydrogen-bond acceptors (Lipinski definition) is 18. The number of ether oxygens (including phenoxy) is 7. The highest BCUT2D eigenvalue weighted by molar-refractivity contribution is 7.00. The van der Waals surface area contributed by atoms with Gasteiger partial charge in [-0.25, -0.2) is 38.4 Å². The fraction of sp³-hybridized carbons (Fsp3) is 0.371. The van der Waals surface area contributed by atoms with Crippen LogP contribution in [0.25, 0.3) is 0 Å². The molecule has 0 spiro atoms. The zero-order valence-corrected chi connectivity index (χ0v) is 56.2. The average Bonchev–Trinajstić information content (AvgIpc) is 0.757. The molecule has 7 rings (SSSR count). The van der Waals surface area contributed by atoms with E-state index in [0.29, 0.717) is 0 Å². The van der Waals surface area contributed by atoms with Gasteiger partial charge in [-0.05, 0) is 97.3 Å². The van der Waals surface area contributed by atoms with Gasteiger partial charge in [0.05, 0.1) is 0 Å². The third-order valence-electron chi connectivity index (χ3n) is 14.1. The number of aliphatic hydroxyl groups is 1. The highest BCUT2D eigenvalue weighted by Crippen LogP contribution is 2.39. The summed E-state index contributed by atoms with van der Waals surface area (Å²) in [6, 6.07) is 58.5. The Morgan fingerprint density at radius 2 is 0.659 bits per heavy atom. The first-order valence-electron chi connectivity index (χ1n) is 29.8. The lowest BCUT2D eigenvalue weighted by Crippen LogP contribution is -2.68. The lowest BCUT2D eigenvalue weighted by molar-refractivity contribution is -0.191. The summed E-state index contributed by atoms with van der Waals surface area (Å²) in [5.41, 5.74) is 1.71. The summed E-state index contributed by atoms with van der Waals surface area (Å²) in [6.07, 6.45) is -7.84. The molecule has 2 N–H and O–H groups in total. The van der Waals surface area contributed by atoms with Crippen molar-refractivity contribution in [2.24, 2.45) is 0 Å². The lowest BCUT2D eigenvalue weighted by atomic mass is 10.2. The van der Waals surface area contributed by atoms with Crippen LogP contribution in [0.15, 0.2) is 182 Å². The van der Waals surface area contributed by atoms with Crippen LogP contribution in [0.5, 0.6) is 0 Å². The second kappa shape index (κ2) is 35.1. The molecule has 488 valence electrons. The van der Waals surface area contributed by atoms with Crippen LogP contribution in [0.3, 0.4) is 0 Å². The van der Waals surface area contributed by atoms with Crippen LogP contribution in [0.2, 0.25) is 10.1 Å². The van der Waals surface area contributed by atoms with Crippen LogP contribution in [-0.4, -0.2) is 123 Å². The number of carbonyl (C=O) groups excluding carboxylic acids is 7. The molecule has 19 nitrogen and oxygen atoms in total. The highest BCUT2D eigenvalue weighted by atomic mass is 28.4. The van der Waals surface area contributed by atoms with Crippen molar-refractivity contribution in [3.63, 3.8) is 0 Å². The first-order valence-corrected chi connectivity index (χ1v) is 33.6. The van der Waals surface area contributed by atoms with Gasteiger partial charge in [0.1, 0.15) is 31.5 Å². The van der Waals surface area contributed by atoms with E-state index in [2.05, 4.69) is 75.3 Å². The Balaban J connectivity index is 0.000000280. The van der Waals surface area contributed by atoms with Crippen LogP contribution >= 0.6 is 0 Å². The fourth-order valence-electron chi connectivity index (χ4n) is 9.30. The van der Waals surface area contributed by atoms with Crippen LogP contribution in [-0.2, 0) is 93.6 Å². The molecule has 1 saturated heterocycles. The van der Waals surface area contributed by atoms with Crippen LogP contribution in [0.1, 0.15) is 108 Å². The van der Waals surface area contributed by atoms with Crippen molar-refractivity contribution in [3.05, 3.63) is 193 Å². The fourth-order valence-corrected chi connectivity index (χ4v) is 18.6. The molecule has 0 saturated carbocycles. The van der Waals surface area contributed by atoms with E-state index in [1.807, 2.05) is 158 Å². The van der Waals surface area contributed by atoms with Crippen LogP contribution < -0.4 is 20.7 Å². The molecule has 0 unspecified atom stereocenters. The Labute approximate surface area is 535 Å². The van der Waals surface area contributed by atoms with Gasteiger partial charge in [-0.2, -0.15) is 0 Å². The molecule has 0 aromatic heterocycles. The van der Waals surface area contributed by atoms with E-state index in [9.17, 15) is 38.4 Å². The van der Waals surface area contributed by atoms with Crippen LogP contribution in [0, 0.1) is 0 Å². The number of benzene rings is 6. The molecule has 0 amide bonds. The maximum absolute atomic E-state index is 13.1. The topological polar surface area (TPSA) is 260 Å². The van der Waals surface area contributed by atoms with E-state index in [4.69, 9.17) is 42.7 Å². The molecule has 1 aliphatic heterocycles. The molecule has 0 radical (unpaired) electrons. The van der Waals surface area contributed by atoms with Crippen molar-refractivity contribution < 1.29 is 90.6 Å². The predicted octanol–water partition coefficient (Wildman–Crippen LogP) is 8.50. The van der Waals surface area contributed by atoms with Crippen molar-refractivity contribution >= 4 is 85.1 Å². The predicted molar refractivity (Wildman–Crippen MR) is 346 cm³/mol. The molecule has 0 aliphatic carbocycles. The lowest BCUT2D eigenvalue weighted by Gasteiger charge is -2.44. The largest absolute Gasteiger partial charge is 0.479 e. The van der Waals surface area contributed by atoms with Gasteiger partial charge in [-0.15, -0.1) is 0 Å². The van der Waals surface area contributed by atoms with Gasteiger partial charge in [-0.3, -0.25) is 0 Å². The summed E-state index contributed by atoms with van der Waals surface area (Å²) in [7, 11) is -5.83. The third-order valence-corrected chi connectivity index (χ3v) is 24.4. The number of carboxylic acid groups (broad SMARTS) is 1. The minimum atomic E-state index is -2.93. The van der Waals surface area contributed by atoms with Gasteiger partial charge >= 0.3 is 47.8 Å². The molecule has 1 aliphatic rings. The van der Waals surface area contributed by atoms with Crippen LogP contribution in [0.4, 0.5) is 0 Å². The Bertz CT molecular complexity index is 3170. The number of cyclic esters (lactones) is 2. The number of esters is 7. The molecule has 21 heteroatoms. The van der Waals surface area contributed by atoms with Gasteiger partial charge in [0.25, 0.3) is 16.6 Å². The van der Waals surface area contributed by atoms with E-state index in [0.717, 1.165) is 31.9 Å². The zero-order chi connectivity index (χ0) is 67.7. The summed E-state index contributed by atoms with van der Waals surface area (Å²) < 4.78 is 48.1. The molecule has 6 aromatic rings. The van der Waals surface area contributed by atoms with Crippen molar-refractivity contribution in [2.75, 3.05) is 0 Å². The highest BCUT2D eigenvalue weighted by Gasteiger charge is 2.53. The number of carbonyl (C=O) groups is 8. The van der Waals surface area contributed by atoms with Crippen molar-refractivity contribution in [1.82, 2.24) is 0 Å². The van der Waals surface area contributed by atoms with Gasteiger partial charge in [0.15, 0.2) is 30.5 Å². The maximum Gasteiger partial charge on any atom is 0.347 e. The summed E-state index contributed by atoms with van der Waals surface area (Å²) >= 11 is 0. The van der Waals surface area contributed by atoms with Crippen molar-refractivity contribution in [3.8, 4) is 0 Å². The van der Waals surface area contributed by atoms with Gasteiger partial charge in [-0.1, -0.05) is 224 Å². The Kier molecular flexibility index (Phi) is 28.9. The SMILES string of the molecule is C[C@@H]1OC(=O)[C@H](C)OC1=O.C[C@H](O)C(=O)O[C@@H](C)C(=O)OCc1ccccc1.C[C@H](OC(=O)[C@H](C)O[Si](c1ccccc1)(c1ccccc1)C(C)(C)C)C(=O)O.C[C@H](OC(=O)[C@H](C)O[Si](c1ccccc1)(c1ccccc1)C(C)(C)C)C(=O)OCc1ccccc1. The third kappa shape index (κ3) is 21.8. The van der Waals surface area contributed by atoms with Gasteiger partial charge in [0, 0.05) is 0 Å². The minimum absolute atomic E-state index is 0.121. The maximum atomic E-state index is 13.1. The first-order chi connectivity index (χ1) is 42.9. The monoisotopic (exact) mass is 1290 g/mol. The molecule has 8 atom stereocenters. The number of carboxylic acids is 1. The second-order valence-electron chi connectivity index (χ2n) is 23.4. The molecular formula is C70H86O19Si2. The standard InChI is InChI=1S/C29H34O5Si.C22H28O5Si.C13H16O5.C6H8O4/c1-22(27(30)32-21-24-15-9-6-10-16-24)33-28(31)23(2)34-35(29(3,4)5,25-17-11-7-12-18-25)26-19-13-8-14-20-26;1-16(20(23)24)26-21(25)17(2)27-28(22(3,4)5,18-12-8-6-9-13-18)19-14-10-7-11-15-19;1-9(14)12(15)18-10(2)13(16)17-8-11-6-4-3-5-7-11;1-3-5(7)10-4(2)6(8)9-3/h6-20,22-23H,21H2,1-5H3;6-17H,1-5H3,(H,23,24);3-7,9-10,14H,8H2,1-2H3;3-4H,1-2H3/t22-,23-;16-,17-;9-,10-;3-,4-/m0000/s1.